The third kappa shape index (κ3) is 2.70. The lowest BCUT2D eigenvalue weighted by molar-refractivity contribution is -0.134. The van der Waals surface area contributed by atoms with E-state index in [0.29, 0.717) is 13.1 Å². The summed E-state index contributed by atoms with van der Waals surface area (Å²) in [5, 5.41) is 4.64. The molecule has 1 aromatic rings. The quantitative estimate of drug-likeness (QED) is 0.769. The highest BCUT2D eigenvalue weighted by molar-refractivity contribution is 7.10. The summed E-state index contributed by atoms with van der Waals surface area (Å²) in [4.78, 5) is 25.4. The van der Waals surface area contributed by atoms with Crippen molar-refractivity contribution in [2.24, 2.45) is 0 Å². The summed E-state index contributed by atoms with van der Waals surface area (Å²) < 4.78 is 0. The van der Waals surface area contributed by atoms with Crippen molar-refractivity contribution in [3.63, 3.8) is 0 Å². The fourth-order valence-electron chi connectivity index (χ4n) is 1.47. The molecule has 4 nitrogen and oxygen atoms in total. The number of hydrogen-bond donors (Lipinski definition) is 1. The molecule has 1 saturated heterocycles. The molecule has 0 spiro atoms. The number of hydrogen-bond acceptors (Lipinski definition) is 3. The molecule has 5 heteroatoms. The monoisotopic (exact) mass is 236 g/mol. The van der Waals surface area contributed by atoms with Crippen LogP contribution in [-0.4, -0.2) is 36.3 Å². The average molecular weight is 236 g/mol. The van der Waals surface area contributed by atoms with Gasteiger partial charge in [0.1, 0.15) is 0 Å². The molecule has 0 unspecified atom stereocenters. The van der Waals surface area contributed by atoms with Crippen LogP contribution in [0.2, 0.25) is 0 Å². The summed E-state index contributed by atoms with van der Waals surface area (Å²) >= 11 is 1.58. The van der Waals surface area contributed by atoms with E-state index in [2.05, 4.69) is 5.32 Å². The molecule has 1 aliphatic rings. The van der Waals surface area contributed by atoms with E-state index < -0.39 is 0 Å². The third-order valence-corrected chi connectivity index (χ3v) is 3.12. The molecule has 84 valence electrons. The highest BCUT2D eigenvalue weighted by atomic mass is 32.1. The Morgan fingerprint density at radius 2 is 2.44 bits per heavy atom. The Balaban J connectivity index is 1.95. The van der Waals surface area contributed by atoms with E-state index in [0.717, 1.165) is 4.88 Å². The minimum absolute atomic E-state index is 0.0934. The van der Waals surface area contributed by atoms with Gasteiger partial charge in [0.2, 0.25) is 11.8 Å². The number of nitrogens with one attached hydrogen (secondary N) is 1. The van der Waals surface area contributed by atoms with Crippen molar-refractivity contribution in [3.05, 3.63) is 28.5 Å². The van der Waals surface area contributed by atoms with Crippen LogP contribution in [0.3, 0.4) is 0 Å². The molecule has 0 saturated carbocycles. The predicted molar refractivity (Wildman–Crippen MR) is 62.9 cm³/mol. The van der Waals surface area contributed by atoms with Crippen LogP contribution in [0.1, 0.15) is 4.88 Å². The van der Waals surface area contributed by atoms with Crippen LogP contribution >= 0.6 is 11.3 Å². The van der Waals surface area contributed by atoms with Crippen molar-refractivity contribution in [1.29, 1.82) is 0 Å². The Bertz CT molecular complexity index is 412. The van der Waals surface area contributed by atoms with Crippen LogP contribution in [0.25, 0.3) is 6.08 Å². The van der Waals surface area contributed by atoms with Crippen LogP contribution in [0, 0.1) is 0 Å². The molecule has 1 N–H and O–H groups in total. The summed E-state index contributed by atoms with van der Waals surface area (Å²) in [6.07, 6.45) is 3.30. The van der Waals surface area contributed by atoms with E-state index in [1.165, 1.54) is 6.08 Å². The van der Waals surface area contributed by atoms with Gasteiger partial charge in [-0.15, -0.1) is 11.3 Å². The normalized spacial score (nSPS) is 16.5. The fraction of sp³-hybridized carbons (Fsp3) is 0.273. The van der Waals surface area contributed by atoms with E-state index >= 15 is 0 Å². The van der Waals surface area contributed by atoms with Gasteiger partial charge in [0.25, 0.3) is 0 Å². The van der Waals surface area contributed by atoms with Crippen LogP contribution in [0.4, 0.5) is 0 Å². The lowest BCUT2D eigenvalue weighted by Crippen LogP contribution is -2.49. The van der Waals surface area contributed by atoms with Gasteiger partial charge in [-0.1, -0.05) is 6.07 Å². The lowest BCUT2D eigenvalue weighted by Gasteiger charge is -2.25. The smallest absolute Gasteiger partial charge is 0.247 e. The van der Waals surface area contributed by atoms with Gasteiger partial charge in [-0.05, 0) is 17.5 Å². The molecule has 1 aliphatic heterocycles. The third-order valence-electron chi connectivity index (χ3n) is 2.28. The first-order valence-electron chi connectivity index (χ1n) is 5.03. The van der Waals surface area contributed by atoms with Crippen molar-refractivity contribution in [2.75, 3.05) is 19.6 Å². The van der Waals surface area contributed by atoms with Gasteiger partial charge >= 0.3 is 0 Å². The average Bonchev–Trinajstić information content (AvgIpc) is 2.78. The number of amides is 2. The van der Waals surface area contributed by atoms with Crippen molar-refractivity contribution in [1.82, 2.24) is 10.2 Å². The molecule has 0 atom stereocenters. The number of piperazine rings is 1. The Hall–Kier alpha value is -1.62. The molecule has 0 bridgehead atoms. The minimum atomic E-state index is -0.108. The first-order chi connectivity index (χ1) is 7.75. The second-order valence-electron chi connectivity index (χ2n) is 3.46. The number of carbonyl (C=O) groups is 2. The Morgan fingerprint density at radius 1 is 1.56 bits per heavy atom. The Labute approximate surface area is 97.6 Å². The Morgan fingerprint density at radius 3 is 3.12 bits per heavy atom. The van der Waals surface area contributed by atoms with Gasteiger partial charge in [0, 0.05) is 24.0 Å². The number of nitrogens with zero attached hydrogens (tertiary/aromatic N) is 1. The number of rotatable bonds is 2. The van der Waals surface area contributed by atoms with Crippen LogP contribution < -0.4 is 5.32 Å². The van der Waals surface area contributed by atoms with Gasteiger partial charge in [-0.3, -0.25) is 9.59 Å². The first-order valence-corrected chi connectivity index (χ1v) is 5.91. The van der Waals surface area contributed by atoms with E-state index in [1.54, 1.807) is 22.3 Å². The highest BCUT2D eigenvalue weighted by Gasteiger charge is 2.18. The molecule has 1 fully saturated rings. The second-order valence-corrected chi connectivity index (χ2v) is 4.44. The van der Waals surface area contributed by atoms with E-state index in [1.807, 2.05) is 17.5 Å². The summed E-state index contributed by atoms with van der Waals surface area (Å²) in [6, 6.07) is 3.88. The van der Waals surface area contributed by atoms with Crippen molar-refractivity contribution in [2.45, 2.75) is 0 Å². The van der Waals surface area contributed by atoms with Gasteiger partial charge in [0.05, 0.1) is 6.54 Å². The molecular formula is C11H12N2O2S. The number of thiophene rings is 1. The van der Waals surface area contributed by atoms with E-state index in [-0.39, 0.29) is 18.4 Å². The molecule has 2 rings (SSSR count). The first kappa shape index (κ1) is 10.9. The maximum absolute atomic E-state index is 11.7. The molecule has 1 aromatic heterocycles. The van der Waals surface area contributed by atoms with Crippen molar-refractivity contribution < 1.29 is 9.59 Å². The topological polar surface area (TPSA) is 49.4 Å². The van der Waals surface area contributed by atoms with Crippen LogP contribution in [-0.2, 0) is 9.59 Å². The predicted octanol–water partition coefficient (Wildman–Crippen LogP) is 0.720. The van der Waals surface area contributed by atoms with Gasteiger partial charge in [-0.2, -0.15) is 0 Å². The maximum Gasteiger partial charge on any atom is 0.247 e. The van der Waals surface area contributed by atoms with Crippen LogP contribution in [0.15, 0.2) is 23.6 Å². The van der Waals surface area contributed by atoms with E-state index in [4.69, 9.17) is 0 Å². The zero-order valence-corrected chi connectivity index (χ0v) is 9.50. The maximum atomic E-state index is 11.7. The minimum Gasteiger partial charge on any atom is -0.353 e. The molecular weight excluding hydrogens is 224 g/mol. The fourth-order valence-corrected chi connectivity index (χ4v) is 2.09. The van der Waals surface area contributed by atoms with Gasteiger partial charge in [-0.25, -0.2) is 0 Å². The summed E-state index contributed by atoms with van der Waals surface area (Å²) in [5.74, 6) is -0.202. The summed E-state index contributed by atoms with van der Waals surface area (Å²) in [7, 11) is 0. The van der Waals surface area contributed by atoms with Gasteiger partial charge in [0.15, 0.2) is 0 Å². The zero-order chi connectivity index (χ0) is 11.4. The summed E-state index contributed by atoms with van der Waals surface area (Å²) in [6.45, 7) is 1.28. The van der Waals surface area contributed by atoms with Crippen molar-refractivity contribution in [3.8, 4) is 0 Å². The second kappa shape index (κ2) is 4.94. The van der Waals surface area contributed by atoms with Crippen molar-refractivity contribution >= 4 is 29.2 Å². The molecule has 0 aromatic carbocycles. The largest absolute Gasteiger partial charge is 0.353 e. The molecule has 16 heavy (non-hydrogen) atoms. The summed E-state index contributed by atoms with van der Waals surface area (Å²) in [5.41, 5.74) is 0. The lowest BCUT2D eigenvalue weighted by atomic mass is 10.3. The highest BCUT2D eigenvalue weighted by Crippen LogP contribution is 2.10. The number of carbonyl (C=O) groups excluding carboxylic acids is 2. The van der Waals surface area contributed by atoms with Crippen LogP contribution in [0.5, 0.6) is 0 Å². The van der Waals surface area contributed by atoms with Gasteiger partial charge < -0.3 is 10.2 Å². The molecule has 0 radical (unpaired) electrons. The molecule has 2 heterocycles. The van der Waals surface area contributed by atoms with E-state index in [9.17, 15) is 9.59 Å². The standard InChI is InChI=1S/C11H12N2O2S/c14-10-8-13(6-5-12-10)11(15)4-3-9-2-1-7-16-9/h1-4,7H,5-6,8H2,(H,12,14)/b4-3+. The zero-order valence-electron chi connectivity index (χ0n) is 8.68. The molecule has 2 amide bonds. The Kier molecular flexibility index (Phi) is 3.36. The SMILES string of the molecule is O=C1CN(C(=O)/C=C/c2cccs2)CCN1. The molecule has 0 aliphatic carbocycles.